The van der Waals surface area contributed by atoms with Crippen LogP contribution in [0.2, 0.25) is 0 Å². The Kier molecular flexibility index (Phi) is 6.77. The number of benzene rings is 2. The van der Waals surface area contributed by atoms with Gasteiger partial charge in [0.15, 0.2) is 0 Å². The Morgan fingerprint density at radius 3 is 2.63 bits per heavy atom. The monoisotopic (exact) mass is 490 g/mol. The molecule has 2 heterocycles. The zero-order chi connectivity index (χ0) is 24.4. The zero-order valence-electron chi connectivity index (χ0n) is 20.1. The molecule has 0 unspecified atom stereocenters. The molecular weight excluding hydrogens is 460 g/mol. The van der Waals surface area contributed by atoms with E-state index in [-0.39, 0.29) is 30.4 Å². The lowest BCUT2D eigenvalue weighted by atomic mass is 10.0. The fraction of sp³-hybridized carbons (Fsp3) is 0.357. The molecule has 3 aromatic rings. The molecule has 1 aromatic heterocycles. The highest BCUT2D eigenvalue weighted by Crippen LogP contribution is 2.35. The van der Waals surface area contributed by atoms with Gasteiger partial charge in [-0.05, 0) is 73.5 Å². The van der Waals surface area contributed by atoms with Crippen LogP contribution in [0.5, 0.6) is 11.5 Å². The minimum atomic E-state index is -0.174. The molecule has 1 aliphatic carbocycles. The lowest BCUT2D eigenvalue weighted by Crippen LogP contribution is -2.48. The first-order valence-corrected chi connectivity index (χ1v) is 12.9. The van der Waals surface area contributed by atoms with Crippen LogP contribution in [0.4, 0.5) is 0 Å². The van der Waals surface area contributed by atoms with E-state index in [9.17, 15) is 9.59 Å². The molecular formula is C28H30N2O4S. The van der Waals surface area contributed by atoms with Gasteiger partial charge in [-0.1, -0.05) is 23.8 Å². The van der Waals surface area contributed by atoms with E-state index in [2.05, 4.69) is 11.4 Å². The lowest BCUT2D eigenvalue weighted by molar-refractivity contribution is -0.135. The lowest BCUT2D eigenvalue weighted by Gasteiger charge is -2.37. The minimum Gasteiger partial charge on any atom is -0.497 e. The number of carbonyl (C=O) groups excluding carboxylic acids is 2. The fourth-order valence-electron chi connectivity index (χ4n) is 4.60. The molecule has 7 heteroatoms. The molecule has 2 amide bonds. The molecule has 1 fully saturated rings. The van der Waals surface area contributed by atoms with E-state index in [1.54, 1.807) is 41.5 Å². The predicted molar refractivity (Wildman–Crippen MR) is 136 cm³/mol. The van der Waals surface area contributed by atoms with Crippen LogP contribution in [0.1, 0.15) is 45.2 Å². The molecule has 0 saturated heterocycles. The second-order valence-electron chi connectivity index (χ2n) is 9.17. The number of aryl methyl sites for hydroxylation is 1. The first-order chi connectivity index (χ1) is 17.0. The van der Waals surface area contributed by atoms with E-state index < -0.39 is 0 Å². The summed E-state index contributed by atoms with van der Waals surface area (Å²) >= 11 is 1.73. The van der Waals surface area contributed by atoms with Gasteiger partial charge < -0.3 is 19.3 Å². The molecule has 5 rings (SSSR count). The van der Waals surface area contributed by atoms with Crippen molar-refractivity contribution < 1.29 is 19.1 Å². The number of amides is 2. The first-order valence-electron chi connectivity index (χ1n) is 12.0. The Bertz CT molecular complexity index is 1200. The van der Waals surface area contributed by atoms with Crippen molar-refractivity contribution in [3.8, 4) is 11.5 Å². The smallest absolute Gasteiger partial charge is 0.254 e. The largest absolute Gasteiger partial charge is 0.497 e. The Balaban J connectivity index is 1.34. The number of methoxy groups -OCH3 is 1. The number of rotatable bonds is 8. The van der Waals surface area contributed by atoms with Crippen molar-refractivity contribution in [2.24, 2.45) is 0 Å². The van der Waals surface area contributed by atoms with Crippen molar-refractivity contribution in [1.29, 1.82) is 0 Å². The highest BCUT2D eigenvalue weighted by atomic mass is 32.1. The van der Waals surface area contributed by atoms with Crippen molar-refractivity contribution in [2.45, 2.75) is 38.3 Å². The van der Waals surface area contributed by atoms with Gasteiger partial charge in [0.2, 0.25) is 5.91 Å². The number of nitrogens with zero attached hydrogens (tertiary/aromatic N) is 2. The van der Waals surface area contributed by atoms with E-state index >= 15 is 0 Å². The maximum absolute atomic E-state index is 13.7. The predicted octanol–water partition coefficient (Wildman–Crippen LogP) is 4.87. The Morgan fingerprint density at radius 1 is 1.09 bits per heavy atom. The van der Waals surface area contributed by atoms with Crippen molar-refractivity contribution in [3.63, 3.8) is 0 Å². The number of fused-ring (bicyclic) bond motifs is 1. The molecule has 0 bridgehead atoms. The van der Waals surface area contributed by atoms with E-state index in [1.165, 1.54) is 10.4 Å². The van der Waals surface area contributed by atoms with Crippen LogP contribution in [-0.4, -0.2) is 54.5 Å². The number of ether oxygens (including phenoxy) is 2. The molecule has 35 heavy (non-hydrogen) atoms. The van der Waals surface area contributed by atoms with E-state index in [1.807, 2.05) is 42.2 Å². The van der Waals surface area contributed by atoms with Crippen molar-refractivity contribution in [1.82, 2.24) is 9.80 Å². The Morgan fingerprint density at radius 2 is 1.89 bits per heavy atom. The van der Waals surface area contributed by atoms with Crippen LogP contribution in [-0.2, 0) is 11.2 Å². The van der Waals surface area contributed by atoms with Gasteiger partial charge in [-0.3, -0.25) is 9.59 Å². The number of hydrogen-bond donors (Lipinski definition) is 0. The second kappa shape index (κ2) is 10.1. The molecule has 1 atom stereocenters. The standard InChI is InChI=1S/C28H30N2O4S/c1-19-6-10-22(11-7-19)34-18-25-24-13-15-35-26(24)12-14-29(25)27(31)17-30(21-8-9-21)28(32)20-4-3-5-23(16-20)33-2/h3-7,10-11,13,15-16,21,25H,8-9,12,14,17-18H2,1-2H3/t25-/m0/s1. The van der Waals surface area contributed by atoms with Gasteiger partial charge in [0.05, 0.1) is 13.2 Å². The van der Waals surface area contributed by atoms with Crippen molar-refractivity contribution in [3.05, 3.63) is 81.5 Å². The van der Waals surface area contributed by atoms with Crippen LogP contribution in [0, 0.1) is 6.92 Å². The Labute approximate surface area is 210 Å². The summed E-state index contributed by atoms with van der Waals surface area (Å²) in [7, 11) is 1.58. The third-order valence-corrected chi connectivity index (χ3v) is 7.71. The second-order valence-corrected chi connectivity index (χ2v) is 10.2. The van der Waals surface area contributed by atoms with E-state index in [0.717, 1.165) is 30.6 Å². The van der Waals surface area contributed by atoms with Gasteiger partial charge in [-0.25, -0.2) is 0 Å². The summed E-state index contributed by atoms with van der Waals surface area (Å²) < 4.78 is 11.4. The van der Waals surface area contributed by atoms with Gasteiger partial charge in [0.25, 0.3) is 5.91 Å². The highest BCUT2D eigenvalue weighted by Gasteiger charge is 2.38. The van der Waals surface area contributed by atoms with Crippen LogP contribution in [0.25, 0.3) is 0 Å². The van der Waals surface area contributed by atoms with Gasteiger partial charge in [-0.2, -0.15) is 0 Å². The summed E-state index contributed by atoms with van der Waals surface area (Å²) in [5, 5.41) is 2.08. The van der Waals surface area contributed by atoms with Crippen LogP contribution in [0.15, 0.2) is 60.0 Å². The van der Waals surface area contributed by atoms with Gasteiger partial charge >= 0.3 is 0 Å². The quantitative estimate of drug-likeness (QED) is 0.452. The van der Waals surface area contributed by atoms with Crippen LogP contribution >= 0.6 is 11.3 Å². The maximum atomic E-state index is 13.7. The molecule has 2 aromatic carbocycles. The van der Waals surface area contributed by atoms with Crippen LogP contribution in [0.3, 0.4) is 0 Å². The first kappa shape index (κ1) is 23.4. The normalized spacial score (nSPS) is 17.0. The molecule has 0 spiro atoms. The van der Waals surface area contributed by atoms with E-state index in [4.69, 9.17) is 9.47 Å². The van der Waals surface area contributed by atoms with E-state index in [0.29, 0.717) is 24.5 Å². The molecule has 1 aliphatic heterocycles. The SMILES string of the molecule is COc1cccc(C(=O)N(CC(=O)N2CCc3sccc3[C@@H]2COc2ccc(C)cc2)C2CC2)c1. The summed E-state index contributed by atoms with van der Waals surface area (Å²) in [5.41, 5.74) is 2.87. The molecule has 2 aliphatic rings. The Hall–Kier alpha value is -3.32. The third-order valence-electron chi connectivity index (χ3n) is 6.71. The van der Waals surface area contributed by atoms with Gasteiger partial charge in [-0.15, -0.1) is 11.3 Å². The third kappa shape index (κ3) is 5.20. The molecule has 0 N–H and O–H groups in total. The number of carbonyl (C=O) groups is 2. The number of hydrogen-bond acceptors (Lipinski definition) is 5. The zero-order valence-corrected chi connectivity index (χ0v) is 20.9. The average molecular weight is 491 g/mol. The molecule has 182 valence electrons. The topological polar surface area (TPSA) is 59.1 Å². The molecule has 1 saturated carbocycles. The summed E-state index contributed by atoms with van der Waals surface area (Å²) in [4.78, 5) is 32.0. The average Bonchev–Trinajstić information content (AvgIpc) is 3.61. The fourth-order valence-corrected chi connectivity index (χ4v) is 5.52. The minimum absolute atomic E-state index is 0.0393. The van der Waals surface area contributed by atoms with Crippen molar-refractivity contribution >= 4 is 23.2 Å². The van der Waals surface area contributed by atoms with Crippen molar-refractivity contribution in [2.75, 3.05) is 26.8 Å². The summed E-state index contributed by atoms with van der Waals surface area (Å²) in [6.07, 6.45) is 2.68. The summed E-state index contributed by atoms with van der Waals surface area (Å²) in [5.74, 6) is 1.26. The van der Waals surface area contributed by atoms with Gasteiger partial charge in [0.1, 0.15) is 24.7 Å². The molecule has 0 radical (unpaired) electrons. The summed E-state index contributed by atoms with van der Waals surface area (Å²) in [6, 6.07) is 17.1. The van der Waals surface area contributed by atoms with Crippen LogP contribution < -0.4 is 9.47 Å². The highest BCUT2D eigenvalue weighted by molar-refractivity contribution is 7.10. The maximum Gasteiger partial charge on any atom is 0.254 e. The number of thiophene rings is 1. The van der Waals surface area contributed by atoms with Gasteiger partial charge in [0, 0.05) is 23.0 Å². The molecule has 6 nitrogen and oxygen atoms in total. The summed E-state index contributed by atoms with van der Waals surface area (Å²) in [6.45, 7) is 3.12.